The maximum Gasteiger partial charge on any atom is 0.124 e. The van der Waals surface area contributed by atoms with E-state index in [9.17, 15) is 4.39 Å². The van der Waals surface area contributed by atoms with Gasteiger partial charge in [0.15, 0.2) is 0 Å². The first kappa shape index (κ1) is 15.5. The van der Waals surface area contributed by atoms with Gasteiger partial charge in [-0.05, 0) is 55.1 Å². The smallest absolute Gasteiger partial charge is 0.124 e. The van der Waals surface area contributed by atoms with Gasteiger partial charge in [-0.3, -0.25) is 0 Å². The molecule has 1 N–H and O–H groups in total. The van der Waals surface area contributed by atoms with Crippen LogP contribution in [0.2, 0.25) is 0 Å². The lowest BCUT2D eigenvalue weighted by Crippen LogP contribution is -2.19. The molecule has 0 amide bonds. The number of rotatable bonds is 5. The molecule has 0 fully saturated rings. The molecule has 0 heterocycles. The predicted octanol–water partition coefficient (Wildman–Crippen LogP) is 4.81. The highest BCUT2D eigenvalue weighted by Crippen LogP contribution is 2.28. The van der Waals surface area contributed by atoms with E-state index in [0.29, 0.717) is 0 Å². The van der Waals surface area contributed by atoms with Crippen LogP contribution in [0.15, 0.2) is 51.8 Å². The van der Waals surface area contributed by atoms with Crippen LogP contribution < -0.4 is 5.32 Å². The van der Waals surface area contributed by atoms with Crippen LogP contribution in [0, 0.1) is 5.82 Å². The Hall–Kier alpha value is -0.840. The largest absolute Gasteiger partial charge is 0.313 e. The van der Waals surface area contributed by atoms with Gasteiger partial charge in [-0.1, -0.05) is 34.1 Å². The van der Waals surface area contributed by atoms with Crippen LogP contribution in [0.4, 0.5) is 4.39 Å². The van der Waals surface area contributed by atoms with E-state index in [0.717, 1.165) is 16.5 Å². The molecule has 0 spiro atoms. The monoisotopic (exact) mass is 353 g/mol. The lowest BCUT2D eigenvalue weighted by Gasteiger charge is -2.19. The van der Waals surface area contributed by atoms with Crippen LogP contribution in [0.25, 0.3) is 0 Å². The molecule has 1 atom stereocenters. The van der Waals surface area contributed by atoms with Gasteiger partial charge < -0.3 is 5.32 Å². The number of likely N-dealkylation sites (N-methyl/N-ethyl adjacent to an activating group) is 1. The first-order valence-electron chi connectivity index (χ1n) is 6.39. The number of hydrogen-bond donors (Lipinski definition) is 1. The zero-order valence-electron chi connectivity index (χ0n) is 11.5. The Morgan fingerprint density at radius 3 is 2.65 bits per heavy atom. The van der Waals surface area contributed by atoms with Gasteiger partial charge >= 0.3 is 0 Å². The van der Waals surface area contributed by atoms with Gasteiger partial charge in [0.1, 0.15) is 5.82 Å². The molecule has 20 heavy (non-hydrogen) atoms. The molecule has 4 heteroatoms. The van der Waals surface area contributed by atoms with Gasteiger partial charge in [0.25, 0.3) is 0 Å². The molecule has 2 aromatic carbocycles. The Balaban J connectivity index is 2.28. The zero-order chi connectivity index (χ0) is 14.5. The van der Waals surface area contributed by atoms with Crippen LogP contribution in [0.3, 0.4) is 0 Å². The van der Waals surface area contributed by atoms with E-state index < -0.39 is 0 Å². The molecule has 1 unspecified atom stereocenters. The third-order valence-corrected chi connectivity index (χ3v) is 4.49. The van der Waals surface area contributed by atoms with Crippen LogP contribution >= 0.6 is 27.7 Å². The van der Waals surface area contributed by atoms with Crippen molar-refractivity contribution in [1.29, 1.82) is 0 Å². The third-order valence-electron chi connectivity index (χ3n) is 3.22. The molecule has 0 aliphatic carbocycles. The van der Waals surface area contributed by atoms with Gasteiger partial charge in [-0.25, -0.2) is 4.39 Å². The summed E-state index contributed by atoms with van der Waals surface area (Å²) in [6.45, 7) is 0. The lowest BCUT2D eigenvalue weighted by molar-refractivity contribution is 0.576. The van der Waals surface area contributed by atoms with Crippen molar-refractivity contribution < 1.29 is 4.39 Å². The van der Waals surface area contributed by atoms with Gasteiger partial charge in [0.2, 0.25) is 0 Å². The summed E-state index contributed by atoms with van der Waals surface area (Å²) in [7, 11) is 1.94. The molecule has 0 aromatic heterocycles. The Labute approximate surface area is 132 Å². The Morgan fingerprint density at radius 2 is 2.00 bits per heavy atom. The van der Waals surface area contributed by atoms with Gasteiger partial charge in [-0.2, -0.15) is 0 Å². The molecule has 106 valence electrons. The summed E-state index contributed by atoms with van der Waals surface area (Å²) in [4.78, 5) is 1.25. The van der Waals surface area contributed by atoms with Crippen molar-refractivity contribution in [3.05, 3.63) is 63.9 Å². The summed E-state index contributed by atoms with van der Waals surface area (Å²) in [6, 6.07) is 13.5. The average Bonchev–Trinajstić information content (AvgIpc) is 2.43. The van der Waals surface area contributed by atoms with Crippen LogP contribution in [-0.4, -0.2) is 13.3 Å². The average molecular weight is 354 g/mol. The van der Waals surface area contributed by atoms with Gasteiger partial charge in [-0.15, -0.1) is 11.8 Å². The highest BCUT2D eigenvalue weighted by molar-refractivity contribution is 9.10. The van der Waals surface area contributed by atoms with E-state index in [2.05, 4.69) is 39.6 Å². The van der Waals surface area contributed by atoms with Crippen LogP contribution in [-0.2, 0) is 6.42 Å². The van der Waals surface area contributed by atoms with E-state index in [1.807, 2.05) is 25.2 Å². The quantitative estimate of drug-likeness (QED) is 0.773. The maximum absolute atomic E-state index is 13.5. The zero-order valence-corrected chi connectivity index (χ0v) is 13.9. The Morgan fingerprint density at radius 1 is 1.25 bits per heavy atom. The normalized spacial score (nSPS) is 12.4. The molecular weight excluding hydrogens is 337 g/mol. The summed E-state index contributed by atoms with van der Waals surface area (Å²) in [5, 5.41) is 3.33. The number of halogens is 2. The van der Waals surface area contributed by atoms with Crippen molar-refractivity contribution in [3.63, 3.8) is 0 Å². The minimum Gasteiger partial charge on any atom is -0.313 e. The summed E-state index contributed by atoms with van der Waals surface area (Å²) >= 11 is 5.08. The second-order valence-electron chi connectivity index (χ2n) is 4.57. The molecule has 0 bridgehead atoms. The molecule has 0 aliphatic heterocycles. The highest BCUT2D eigenvalue weighted by Gasteiger charge is 2.14. The second-order valence-corrected chi connectivity index (χ2v) is 6.33. The lowest BCUT2D eigenvalue weighted by atomic mass is 9.99. The fourth-order valence-corrected chi connectivity index (χ4v) is 3.46. The van der Waals surface area contributed by atoms with Crippen LogP contribution in [0.5, 0.6) is 0 Å². The van der Waals surface area contributed by atoms with Crippen molar-refractivity contribution in [3.8, 4) is 0 Å². The minimum absolute atomic E-state index is 0.173. The fourth-order valence-electron chi connectivity index (χ4n) is 2.29. The molecule has 2 aromatic rings. The van der Waals surface area contributed by atoms with E-state index in [1.165, 1.54) is 16.5 Å². The third kappa shape index (κ3) is 3.84. The molecule has 0 saturated carbocycles. The van der Waals surface area contributed by atoms with Gasteiger partial charge in [0, 0.05) is 15.4 Å². The Bertz CT molecular complexity index is 568. The topological polar surface area (TPSA) is 12.0 Å². The first-order chi connectivity index (χ1) is 9.63. The SMILES string of the molecule is CNC(Cc1cc(F)cc(Br)c1)c1ccccc1SC. The number of benzene rings is 2. The summed E-state index contributed by atoms with van der Waals surface area (Å²) in [5.74, 6) is -0.206. The fraction of sp³-hybridized carbons (Fsp3) is 0.250. The first-order valence-corrected chi connectivity index (χ1v) is 8.41. The van der Waals surface area contributed by atoms with Crippen molar-refractivity contribution in [2.45, 2.75) is 17.4 Å². The minimum atomic E-state index is -0.206. The van der Waals surface area contributed by atoms with Crippen molar-refractivity contribution in [2.75, 3.05) is 13.3 Å². The molecule has 2 rings (SSSR count). The summed E-state index contributed by atoms with van der Waals surface area (Å²) < 4.78 is 14.3. The maximum atomic E-state index is 13.5. The van der Waals surface area contributed by atoms with E-state index >= 15 is 0 Å². The number of hydrogen-bond acceptors (Lipinski definition) is 2. The Kier molecular flexibility index (Phi) is 5.64. The predicted molar refractivity (Wildman–Crippen MR) is 87.8 cm³/mol. The molecule has 1 nitrogen and oxygen atoms in total. The van der Waals surface area contributed by atoms with Crippen molar-refractivity contribution >= 4 is 27.7 Å². The number of thioether (sulfide) groups is 1. The highest BCUT2D eigenvalue weighted by atomic mass is 79.9. The van der Waals surface area contributed by atoms with E-state index in [1.54, 1.807) is 17.8 Å². The van der Waals surface area contributed by atoms with Crippen molar-refractivity contribution in [2.24, 2.45) is 0 Å². The molecule has 0 aliphatic rings. The molecular formula is C16H17BrFNS. The van der Waals surface area contributed by atoms with Gasteiger partial charge in [0.05, 0.1) is 0 Å². The van der Waals surface area contributed by atoms with Crippen LogP contribution in [0.1, 0.15) is 17.2 Å². The molecule has 0 radical (unpaired) electrons. The second kappa shape index (κ2) is 7.25. The van der Waals surface area contributed by atoms with E-state index in [-0.39, 0.29) is 11.9 Å². The standard InChI is InChI=1S/C16H17BrFNS/c1-19-15(14-5-3-4-6-16(14)20-2)9-11-7-12(17)10-13(18)8-11/h3-8,10,15,19H,9H2,1-2H3. The summed E-state index contributed by atoms with van der Waals surface area (Å²) in [6.07, 6.45) is 2.83. The number of nitrogens with one attached hydrogen (secondary N) is 1. The van der Waals surface area contributed by atoms with Crippen molar-refractivity contribution in [1.82, 2.24) is 5.32 Å². The van der Waals surface area contributed by atoms with E-state index in [4.69, 9.17) is 0 Å². The summed E-state index contributed by atoms with van der Waals surface area (Å²) in [5.41, 5.74) is 2.23. The molecule has 0 saturated heterocycles.